The minimum atomic E-state index is -2.83. The lowest BCUT2D eigenvalue weighted by Crippen LogP contribution is -2.06. The van der Waals surface area contributed by atoms with Gasteiger partial charge in [-0.2, -0.15) is 0 Å². The van der Waals surface area contributed by atoms with Crippen molar-refractivity contribution in [3.8, 4) is 0 Å². The molecule has 0 saturated carbocycles. The maximum atomic E-state index is 10.3. The molecular formula is C5H12O3P+. The van der Waals surface area contributed by atoms with Crippen molar-refractivity contribution in [2.45, 2.75) is 13.8 Å². The van der Waals surface area contributed by atoms with Gasteiger partial charge < -0.3 is 0 Å². The first-order valence-electron chi connectivity index (χ1n) is 2.80. The van der Waals surface area contributed by atoms with E-state index in [1.165, 1.54) is 6.92 Å². The molecule has 0 spiro atoms. The van der Waals surface area contributed by atoms with E-state index in [0.29, 0.717) is 6.16 Å². The monoisotopic (exact) mass is 151 g/mol. The van der Waals surface area contributed by atoms with Gasteiger partial charge in [-0.1, -0.05) is 0 Å². The van der Waals surface area contributed by atoms with E-state index in [1.54, 1.807) is 6.92 Å². The number of rotatable bonds is 3. The highest BCUT2D eigenvalue weighted by Gasteiger charge is 2.31. The fraction of sp³-hybridized carbons (Fsp3) is 0.800. The average Bonchev–Trinajstić information content (AvgIpc) is 1.63. The predicted molar refractivity (Wildman–Crippen MR) is 37.4 cm³/mol. The van der Waals surface area contributed by atoms with Crippen molar-refractivity contribution in [2.24, 2.45) is 0 Å². The van der Waals surface area contributed by atoms with Crippen LogP contribution in [0.15, 0.2) is 0 Å². The molecule has 0 rings (SSSR count). The molecule has 0 unspecified atom stereocenters. The van der Waals surface area contributed by atoms with E-state index >= 15 is 0 Å². The van der Waals surface area contributed by atoms with E-state index in [4.69, 9.17) is 9.79 Å². The molecule has 54 valence electrons. The first-order chi connectivity index (χ1) is 3.98. The van der Waals surface area contributed by atoms with Crippen LogP contribution in [-0.4, -0.2) is 27.9 Å². The number of Topliss-reactive ketones (excluding diaryl/α,β-unsaturated/α-hetero) is 1. The van der Waals surface area contributed by atoms with E-state index in [1.807, 2.05) is 0 Å². The smallest absolute Gasteiger partial charge is 0.274 e. The second kappa shape index (κ2) is 3.25. The van der Waals surface area contributed by atoms with Crippen LogP contribution in [0.5, 0.6) is 0 Å². The molecule has 0 aliphatic heterocycles. The molecule has 0 aromatic rings. The summed E-state index contributed by atoms with van der Waals surface area (Å²) in [4.78, 5) is 28.2. The van der Waals surface area contributed by atoms with E-state index < -0.39 is 7.72 Å². The van der Waals surface area contributed by atoms with Gasteiger partial charge in [-0.3, -0.25) is 4.79 Å². The molecule has 0 heterocycles. The van der Waals surface area contributed by atoms with Crippen molar-refractivity contribution in [1.82, 2.24) is 0 Å². The minimum Gasteiger partial charge on any atom is -0.296 e. The molecule has 0 aromatic carbocycles. The zero-order valence-corrected chi connectivity index (χ0v) is 6.56. The lowest BCUT2D eigenvalue weighted by Gasteiger charge is -2.06. The van der Waals surface area contributed by atoms with Crippen molar-refractivity contribution in [3.05, 3.63) is 0 Å². The highest BCUT2D eigenvalue weighted by atomic mass is 31.2. The van der Waals surface area contributed by atoms with Crippen LogP contribution in [0, 0.1) is 0 Å². The van der Waals surface area contributed by atoms with Gasteiger partial charge in [0.1, 0.15) is 6.16 Å². The maximum Gasteiger partial charge on any atom is 0.274 e. The summed E-state index contributed by atoms with van der Waals surface area (Å²) in [5, 5.41) is 0. The first-order valence-corrected chi connectivity index (χ1v) is 4.86. The maximum absolute atomic E-state index is 10.3. The van der Waals surface area contributed by atoms with Gasteiger partial charge in [0.25, 0.3) is 7.72 Å². The van der Waals surface area contributed by atoms with Crippen molar-refractivity contribution < 1.29 is 14.6 Å². The standard InChI is InChI=1S/C5H12O3P/c1-3-9(7,8)4-5(2)6/h7-8H,3-4H2,1-2H3/q+1. The van der Waals surface area contributed by atoms with E-state index in [-0.39, 0.29) is 11.9 Å². The van der Waals surface area contributed by atoms with Crippen LogP contribution in [0.4, 0.5) is 0 Å². The summed E-state index contributed by atoms with van der Waals surface area (Å²) < 4.78 is 0. The molecule has 9 heavy (non-hydrogen) atoms. The van der Waals surface area contributed by atoms with Gasteiger partial charge in [0, 0.05) is 0 Å². The van der Waals surface area contributed by atoms with Crippen LogP contribution >= 0.6 is 7.72 Å². The highest BCUT2D eigenvalue weighted by molar-refractivity contribution is 7.65. The number of carbonyl (C=O) groups is 1. The van der Waals surface area contributed by atoms with Gasteiger partial charge in [0.05, 0.1) is 0 Å². The number of hydrogen-bond acceptors (Lipinski definition) is 3. The highest BCUT2D eigenvalue weighted by Crippen LogP contribution is 2.48. The molecule has 0 aliphatic carbocycles. The van der Waals surface area contributed by atoms with Gasteiger partial charge in [0.2, 0.25) is 0 Å². The Morgan fingerprint density at radius 3 is 2.11 bits per heavy atom. The molecule has 0 saturated heterocycles. The Bertz CT molecular complexity index is 111. The molecule has 0 fully saturated rings. The van der Waals surface area contributed by atoms with Crippen molar-refractivity contribution in [3.63, 3.8) is 0 Å². The Kier molecular flexibility index (Phi) is 3.26. The van der Waals surface area contributed by atoms with E-state index in [0.717, 1.165) is 0 Å². The molecule has 0 aromatic heterocycles. The largest absolute Gasteiger partial charge is 0.296 e. The summed E-state index contributed by atoms with van der Waals surface area (Å²) >= 11 is 0. The van der Waals surface area contributed by atoms with Crippen molar-refractivity contribution >= 4 is 13.5 Å². The Morgan fingerprint density at radius 1 is 1.56 bits per heavy atom. The summed E-state index contributed by atoms with van der Waals surface area (Å²) in [5.41, 5.74) is 0. The van der Waals surface area contributed by atoms with Crippen LogP contribution in [0.1, 0.15) is 13.8 Å². The molecule has 0 atom stereocenters. The molecule has 0 radical (unpaired) electrons. The zero-order valence-electron chi connectivity index (χ0n) is 5.66. The fourth-order valence-electron chi connectivity index (χ4n) is 0.468. The first kappa shape index (κ1) is 9.02. The summed E-state index contributed by atoms with van der Waals surface area (Å²) in [5.74, 6) is -0.157. The van der Waals surface area contributed by atoms with Crippen LogP contribution < -0.4 is 0 Å². The van der Waals surface area contributed by atoms with Crippen LogP contribution in [0.2, 0.25) is 0 Å². The number of ketones is 1. The molecule has 4 heteroatoms. The molecular weight excluding hydrogens is 139 g/mol. The Morgan fingerprint density at radius 2 is 2.00 bits per heavy atom. The van der Waals surface area contributed by atoms with Crippen LogP contribution in [0.25, 0.3) is 0 Å². The van der Waals surface area contributed by atoms with Crippen molar-refractivity contribution in [2.75, 3.05) is 12.3 Å². The molecule has 0 amide bonds. The quantitative estimate of drug-likeness (QED) is 0.575. The molecule has 3 nitrogen and oxygen atoms in total. The third-order valence-electron chi connectivity index (χ3n) is 0.982. The summed E-state index contributed by atoms with van der Waals surface area (Å²) in [6, 6.07) is 0. The lowest BCUT2D eigenvalue weighted by molar-refractivity contribution is -0.114. The second-order valence-corrected chi connectivity index (χ2v) is 4.76. The summed E-state index contributed by atoms with van der Waals surface area (Å²) in [6.07, 6.45) is 0.232. The van der Waals surface area contributed by atoms with Crippen LogP contribution in [0.3, 0.4) is 0 Å². The third-order valence-corrected chi connectivity index (χ3v) is 2.95. The number of carbonyl (C=O) groups excluding carboxylic acids is 1. The Labute approximate surface area is 55.2 Å². The summed E-state index contributed by atoms with van der Waals surface area (Å²) in [7, 11) is -2.83. The molecule has 2 N–H and O–H groups in total. The number of hydrogen-bond donors (Lipinski definition) is 2. The predicted octanol–water partition coefficient (Wildman–Crippen LogP) is 0.427. The third kappa shape index (κ3) is 4.52. The summed E-state index contributed by atoms with van der Waals surface area (Å²) in [6.45, 7) is 3.02. The molecule has 0 aliphatic rings. The van der Waals surface area contributed by atoms with Gasteiger partial charge in [-0.25, -0.2) is 9.79 Å². The van der Waals surface area contributed by atoms with E-state index in [2.05, 4.69) is 0 Å². The SMILES string of the molecule is CC[P+](O)(O)CC(C)=O. The van der Waals surface area contributed by atoms with Crippen molar-refractivity contribution in [1.29, 1.82) is 0 Å². The Hall–Kier alpha value is 0.0200. The van der Waals surface area contributed by atoms with Gasteiger partial charge in [-0.05, 0) is 13.8 Å². The topological polar surface area (TPSA) is 57.5 Å². The van der Waals surface area contributed by atoms with Gasteiger partial charge in [-0.15, -0.1) is 0 Å². The minimum absolute atomic E-state index is 0.0660. The van der Waals surface area contributed by atoms with Crippen LogP contribution in [-0.2, 0) is 4.79 Å². The Balaban J connectivity index is 3.71. The lowest BCUT2D eigenvalue weighted by atomic mass is 10.5. The molecule has 0 bridgehead atoms. The zero-order chi connectivity index (χ0) is 7.49. The van der Waals surface area contributed by atoms with E-state index in [9.17, 15) is 4.79 Å². The average molecular weight is 151 g/mol. The van der Waals surface area contributed by atoms with Gasteiger partial charge in [0.15, 0.2) is 11.9 Å². The fourth-order valence-corrected chi connectivity index (χ4v) is 1.41. The van der Waals surface area contributed by atoms with Gasteiger partial charge >= 0.3 is 0 Å². The normalized spacial score (nSPS) is 11.6. The second-order valence-electron chi connectivity index (χ2n) is 2.06.